The Morgan fingerprint density at radius 1 is 1.21 bits per heavy atom. The average molecular weight is 401 g/mol. The Morgan fingerprint density at radius 3 is 2.64 bits per heavy atom. The van der Waals surface area contributed by atoms with Crippen LogP contribution < -0.4 is 5.32 Å². The van der Waals surface area contributed by atoms with Gasteiger partial charge in [0.05, 0.1) is 11.0 Å². The van der Waals surface area contributed by atoms with Crippen molar-refractivity contribution in [2.75, 3.05) is 25.0 Å². The smallest absolute Gasteiger partial charge is 0.264 e. The lowest BCUT2D eigenvalue weighted by atomic mass is 10.1. The number of aryl methyl sites for hydroxylation is 3. The fourth-order valence-electron chi connectivity index (χ4n) is 3.34. The Labute approximate surface area is 170 Å². The molecule has 1 aromatic carbocycles. The molecule has 1 saturated heterocycles. The van der Waals surface area contributed by atoms with Crippen molar-refractivity contribution >= 4 is 28.8 Å². The second kappa shape index (κ2) is 8.88. The van der Waals surface area contributed by atoms with E-state index in [0.717, 1.165) is 46.7 Å². The van der Waals surface area contributed by atoms with E-state index in [2.05, 4.69) is 5.32 Å². The van der Waals surface area contributed by atoms with E-state index in [4.69, 9.17) is 4.74 Å². The van der Waals surface area contributed by atoms with Crippen LogP contribution in [0.5, 0.6) is 0 Å². The molecular formula is C22H28N2O3S. The van der Waals surface area contributed by atoms with Gasteiger partial charge in [0, 0.05) is 23.7 Å². The van der Waals surface area contributed by atoms with Gasteiger partial charge in [-0.1, -0.05) is 12.1 Å². The molecule has 5 nitrogen and oxygen atoms in total. The number of hydrogen-bond donors (Lipinski definition) is 1. The van der Waals surface area contributed by atoms with Crippen molar-refractivity contribution in [3.05, 3.63) is 50.7 Å². The topological polar surface area (TPSA) is 58.6 Å². The number of ether oxygens (including phenoxy) is 1. The van der Waals surface area contributed by atoms with Crippen LogP contribution in [0.2, 0.25) is 0 Å². The van der Waals surface area contributed by atoms with Gasteiger partial charge in [-0.05, 0) is 69.4 Å². The van der Waals surface area contributed by atoms with E-state index >= 15 is 0 Å². The SMILES string of the molecule is Cc1cc(C(=O)N(CC(=O)Nc2cccc(C)c2C)CC2CCCO2)sc1C. The standard InChI is InChI=1S/C22H28N2O3S/c1-14-7-5-9-19(16(14)3)23-21(25)13-24(12-18-8-6-10-27-18)22(26)20-11-15(2)17(4)28-20/h5,7,9,11,18H,6,8,10,12-13H2,1-4H3,(H,23,25). The summed E-state index contributed by atoms with van der Waals surface area (Å²) in [6, 6.07) is 7.73. The molecule has 1 N–H and O–H groups in total. The number of nitrogens with zero attached hydrogens (tertiary/aromatic N) is 1. The second-order valence-corrected chi connectivity index (χ2v) is 8.72. The Hall–Kier alpha value is -2.18. The van der Waals surface area contributed by atoms with Crippen LogP contribution in [-0.2, 0) is 9.53 Å². The fourth-order valence-corrected chi connectivity index (χ4v) is 4.34. The lowest BCUT2D eigenvalue weighted by molar-refractivity contribution is -0.117. The van der Waals surface area contributed by atoms with Gasteiger partial charge < -0.3 is 15.0 Å². The van der Waals surface area contributed by atoms with Crippen molar-refractivity contribution in [1.82, 2.24) is 4.90 Å². The van der Waals surface area contributed by atoms with Crippen LogP contribution >= 0.6 is 11.3 Å². The first-order chi connectivity index (χ1) is 13.3. The van der Waals surface area contributed by atoms with Gasteiger partial charge in [-0.15, -0.1) is 11.3 Å². The molecule has 2 heterocycles. The maximum Gasteiger partial charge on any atom is 0.264 e. The minimum absolute atomic E-state index is 0.000359. The molecule has 6 heteroatoms. The summed E-state index contributed by atoms with van der Waals surface area (Å²) in [5.41, 5.74) is 4.05. The van der Waals surface area contributed by atoms with Crippen LogP contribution in [-0.4, -0.2) is 42.5 Å². The van der Waals surface area contributed by atoms with Gasteiger partial charge in [0.1, 0.15) is 6.54 Å². The minimum Gasteiger partial charge on any atom is -0.376 e. The van der Waals surface area contributed by atoms with Gasteiger partial charge in [0.25, 0.3) is 5.91 Å². The molecule has 1 fully saturated rings. The molecule has 0 saturated carbocycles. The third-order valence-electron chi connectivity index (χ3n) is 5.33. The number of benzene rings is 1. The zero-order valence-electron chi connectivity index (χ0n) is 17.0. The summed E-state index contributed by atoms with van der Waals surface area (Å²) in [4.78, 5) is 29.3. The Bertz CT molecular complexity index is 849. The van der Waals surface area contributed by atoms with Gasteiger partial charge in [0.15, 0.2) is 0 Å². The quantitative estimate of drug-likeness (QED) is 0.789. The summed E-state index contributed by atoms with van der Waals surface area (Å²) in [6.45, 7) is 9.18. The molecule has 0 bridgehead atoms. The molecule has 1 atom stereocenters. The first kappa shape index (κ1) is 20.6. The predicted octanol–water partition coefficient (Wildman–Crippen LogP) is 4.24. The minimum atomic E-state index is -0.190. The molecule has 0 aliphatic carbocycles. The molecule has 2 amide bonds. The fraction of sp³-hybridized carbons (Fsp3) is 0.455. The molecule has 1 unspecified atom stereocenters. The average Bonchev–Trinajstić information content (AvgIpc) is 3.28. The van der Waals surface area contributed by atoms with E-state index in [1.807, 2.05) is 52.0 Å². The van der Waals surface area contributed by atoms with E-state index in [1.54, 1.807) is 4.90 Å². The first-order valence-electron chi connectivity index (χ1n) is 9.69. The van der Waals surface area contributed by atoms with Crippen molar-refractivity contribution in [2.45, 2.75) is 46.6 Å². The van der Waals surface area contributed by atoms with E-state index in [-0.39, 0.29) is 24.5 Å². The molecule has 150 valence electrons. The number of carbonyl (C=O) groups is 2. The van der Waals surface area contributed by atoms with E-state index in [1.165, 1.54) is 11.3 Å². The molecule has 28 heavy (non-hydrogen) atoms. The third-order valence-corrected chi connectivity index (χ3v) is 6.47. The van der Waals surface area contributed by atoms with Gasteiger partial charge >= 0.3 is 0 Å². The predicted molar refractivity (Wildman–Crippen MR) is 113 cm³/mol. The zero-order chi connectivity index (χ0) is 20.3. The summed E-state index contributed by atoms with van der Waals surface area (Å²) in [5.74, 6) is -0.294. The highest BCUT2D eigenvalue weighted by Gasteiger charge is 2.26. The highest BCUT2D eigenvalue weighted by molar-refractivity contribution is 7.14. The summed E-state index contributed by atoms with van der Waals surface area (Å²) < 4.78 is 5.71. The van der Waals surface area contributed by atoms with Crippen LogP contribution in [0.25, 0.3) is 0 Å². The van der Waals surface area contributed by atoms with Crippen LogP contribution in [0.15, 0.2) is 24.3 Å². The molecule has 1 aliphatic heterocycles. The number of hydrogen-bond acceptors (Lipinski definition) is 4. The molecule has 1 aliphatic rings. The molecule has 0 spiro atoms. The number of amides is 2. The van der Waals surface area contributed by atoms with Gasteiger partial charge in [-0.3, -0.25) is 9.59 Å². The van der Waals surface area contributed by atoms with Crippen LogP contribution in [0.1, 0.15) is 44.1 Å². The van der Waals surface area contributed by atoms with Crippen molar-refractivity contribution in [1.29, 1.82) is 0 Å². The van der Waals surface area contributed by atoms with E-state index in [9.17, 15) is 9.59 Å². The highest BCUT2D eigenvalue weighted by atomic mass is 32.1. The largest absolute Gasteiger partial charge is 0.376 e. The van der Waals surface area contributed by atoms with E-state index in [0.29, 0.717) is 11.4 Å². The number of carbonyl (C=O) groups excluding carboxylic acids is 2. The molecule has 0 radical (unpaired) electrons. The van der Waals surface area contributed by atoms with Gasteiger partial charge in [0.2, 0.25) is 5.91 Å². The normalized spacial score (nSPS) is 16.2. The monoisotopic (exact) mass is 400 g/mol. The molecule has 3 rings (SSSR count). The Kier molecular flexibility index (Phi) is 6.52. The van der Waals surface area contributed by atoms with E-state index < -0.39 is 0 Å². The van der Waals surface area contributed by atoms with Crippen molar-refractivity contribution in [2.24, 2.45) is 0 Å². The number of thiophene rings is 1. The molecule has 1 aromatic heterocycles. The number of anilines is 1. The summed E-state index contributed by atoms with van der Waals surface area (Å²) in [7, 11) is 0. The lowest BCUT2D eigenvalue weighted by Crippen LogP contribution is -2.42. The Balaban J connectivity index is 1.75. The lowest BCUT2D eigenvalue weighted by Gasteiger charge is -2.24. The number of nitrogens with one attached hydrogen (secondary N) is 1. The van der Waals surface area contributed by atoms with Crippen LogP contribution in [0.3, 0.4) is 0 Å². The molecular weight excluding hydrogens is 372 g/mol. The van der Waals surface area contributed by atoms with Crippen molar-refractivity contribution < 1.29 is 14.3 Å². The van der Waals surface area contributed by atoms with Gasteiger partial charge in [-0.25, -0.2) is 0 Å². The van der Waals surface area contributed by atoms with Crippen molar-refractivity contribution in [3.8, 4) is 0 Å². The third kappa shape index (κ3) is 4.80. The summed E-state index contributed by atoms with van der Waals surface area (Å²) in [6.07, 6.45) is 1.92. The van der Waals surface area contributed by atoms with Crippen molar-refractivity contribution in [3.63, 3.8) is 0 Å². The number of rotatable bonds is 6. The summed E-state index contributed by atoms with van der Waals surface area (Å²) in [5, 5.41) is 2.96. The zero-order valence-corrected chi connectivity index (χ0v) is 17.8. The maximum atomic E-state index is 13.1. The first-order valence-corrected chi connectivity index (χ1v) is 10.5. The second-order valence-electron chi connectivity index (χ2n) is 7.47. The molecule has 2 aromatic rings. The highest BCUT2D eigenvalue weighted by Crippen LogP contribution is 2.24. The van der Waals surface area contributed by atoms with Gasteiger partial charge in [-0.2, -0.15) is 0 Å². The Morgan fingerprint density at radius 2 is 2.00 bits per heavy atom. The maximum absolute atomic E-state index is 13.1. The van der Waals surface area contributed by atoms with Crippen LogP contribution in [0, 0.1) is 27.7 Å². The van der Waals surface area contributed by atoms with Crippen LogP contribution in [0.4, 0.5) is 5.69 Å². The summed E-state index contributed by atoms with van der Waals surface area (Å²) >= 11 is 1.48.